The predicted molar refractivity (Wildman–Crippen MR) is 202 cm³/mol. The second-order valence-corrected chi connectivity index (χ2v) is 13.3. The van der Waals surface area contributed by atoms with Crippen LogP contribution in [0.1, 0.15) is 40.4 Å². The van der Waals surface area contributed by atoms with Gasteiger partial charge >= 0.3 is 0 Å². The monoisotopic (exact) mass is 624 g/mol. The summed E-state index contributed by atoms with van der Waals surface area (Å²) in [4.78, 5) is 4.80. The van der Waals surface area contributed by atoms with E-state index in [1.807, 2.05) is 12.1 Å². The molecule has 7 aromatic rings. The summed E-state index contributed by atoms with van der Waals surface area (Å²) >= 11 is 0. The number of hydrogen-bond donors (Lipinski definition) is 0. The van der Waals surface area contributed by atoms with E-state index >= 15 is 0 Å². The number of para-hydroxylation sites is 2. The van der Waals surface area contributed by atoms with Gasteiger partial charge in [-0.15, -0.1) is 5.73 Å². The molecule has 3 aliphatic rings. The number of allylic oxidation sites excluding steroid dienone is 3. The summed E-state index contributed by atoms with van der Waals surface area (Å²) in [5.74, 6) is 0. The second-order valence-electron chi connectivity index (χ2n) is 13.3. The lowest BCUT2D eigenvalue weighted by Gasteiger charge is -2.36. The maximum atomic E-state index is 3.54. The molecule has 0 aromatic heterocycles. The third-order valence-electron chi connectivity index (χ3n) is 10.9. The first-order chi connectivity index (χ1) is 24.2. The molecule has 230 valence electrons. The van der Waals surface area contributed by atoms with Gasteiger partial charge in [0.2, 0.25) is 0 Å². The molecule has 2 aliphatic carbocycles. The van der Waals surface area contributed by atoms with Crippen molar-refractivity contribution < 1.29 is 0 Å². The van der Waals surface area contributed by atoms with Crippen molar-refractivity contribution in [2.24, 2.45) is 0 Å². The van der Waals surface area contributed by atoms with Crippen molar-refractivity contribution in [3.63, 3.8) is 0 Å². The molecule has 1 aliphatic heterocycles. The summed E-state index contributed by atoms with van der Waals surface area (Å²) in [7, 11) is 2.21. The van der Waals surface area contributed by atoms with Crippen LogP contribution in [0.5, 0.6) is 0 Å². The largest absolute Gasteiger partial charge is 0.348 e. The molecule has 0 bridgehead atoms. The SMILES string of the molecule is CN1c2ccccc2N(c2c#cccc2)C1c1ccc2c(c1)C(c1ccccc1)(c1ccc3ccc4ccccc4c3c1)C1=C2CC=C=C1. The fourth-order valence-electron chi connectivity index (χ4n) is 8.77. The summed E-state index contributed by atoms with van der Waals surface area (Å²) in [6.07, 6.45) is 5.22. The lowest BCUT2D eigenvalue weighted by atomic mass is 9.66. The van der Waals surface area contributed by atoms with Gasteiger partial charge in [-0.05, 0) is 122 Å². The maximum absolute atomic E-state index is 3.54. The van der Waals surface area contributed by atoms with Gasteiger partial charge in [-0.3, -0.25) is 0 Å². The summed E-state index contributed by atoms with van der Waals surface area (Å²) in [5, 5.41) is 5.07. The van der Waals surface area contributed by atoms with Crippen molar-refractivity contribution in [1.29, 1.82) is 0 Å². The molecule has 0 amide bonds. The second kappa shape index (κ2) is 10.6. The quantitative estimate of drug-likeness (QED) is 0.142. The third-order valence-corrected chi connectivity index (χ3v) is 10.9. The zero-order valence-corrected chi connectivity index (χ0v) is 27.2. The van der Waals surface area contributed by atoms with Gasteiger partial charge in [-0.2, -0.15) is 0 Å². The van der Waals surface area contributed by atoms with E-state index in [0.29, 0.717) is 0 Å². The molecule has 0 saturated carbocycles. The molecule has 2 unspecified atom stereocenters. The first-order valence-electron chi connectivity index (χ1n) is 17.0. The Morgan fingerprint density at radius 3 is 2.31 bits per heavy atom. The van der Waals surface area contributed by atoms with Crippen LogP contribution in [0.25, 0.3) is 27.1 Å². The van der Waals surface area contributed by atoms with E-state index in [4.69, 9.17) is 0 Å². The van der Waals surface area contributed by atoms with Crippen LogP contribution in [0, 0.1) is 12.1 Å². The van der Waals surface area contributed by atoms with Gasteiger partial charge in [0.15, 0.2) is 0 Å². The van der Waals surface area contributed by atoms with E-state index < -0.39 is 5.41 Å². The number of nitrogens with zero attached hydrogens (tertiary/aromatic N) is 2. The Hall–Kier alpha value is -6.26. The van der Waals surface area contributed by atoms with Gasteiger partial charge in [0.25, 0.3) is 0 Å². The van der Waals surface area contributed by atoms with Crippen LogP contribution in [0.15, 0.2) is 169 Å². The highest BCUT2D eigenvalue weighted by Crippen LogP contribution is 2.58. The number of rotatable bonds is 4. The number of fused-ring (bicyclic) bond motifs is 6. The van der Waals surface area contributed by atoms with Crippen molar-refractivity contribution in [2.45, 2.75) is 18.0 Å². The standard InChI is InChI=1S/C47H32N2/c1-48-44-22-12-13-23-45(44)49(37-17-6-3-7-18-37)46(48)34-27-29-40-39-20-10-11-21-42(39)47(43(40)30-34,35-15-4-2-5-16-35)36-28-26-33-25-24-32-14-8-9-19-38(32)41(33)31-36/h2-6,8-10,12-17,19,21-31,46H,20H2,1H3. The van der Waals surface area contributed by atoms with Crippen LogP contribution in [0.4, 0.5) is 17.1 Å². The molecule has 10 rings (SSSR count). The van der Waals surface area contributed by atoms with E-state index in [0.717, 1.165) is 12.1 Å². The highest BCUT2D eigenvalue weighted by molar-refractivity contribution is 6.08. The lowest BCUT2D eigenvalue weighted by molar-refractivity contribution is 0.709. The summed E-state index contributed by atoms with van der Waals surface area (Å²) in [6, 6.07) is 60.1. The number of hydrogen-bond acceptors (Lipinski definition) is 2. The molecule has 2 heteroatoms. The van der Waals surface area contributed by atoms with Crippen LogP contribution in [-0.2, 0) is 5.41 Å². The van der Waals surface area contributed by atoms with E-state index in [1.165, 1.54) is 71.9 Å². The molecule has 2 atom stereocenters. The first kappa shape index (κ1) is 27.8. The molecule has 0 saturated heterocycles. The number of benzene rings is 6. The zero-order valence-electron chi connectivity index (χ0n) is 27.2. The fourth-order valence-corrected chi connectivity index (χ4v) is 8.77. The van der Waals surface area contributed by atoms with E-state index in [2.05, 4.69) is 180 Å². The summed E-state index contributed by atoms with van der Waals surface area (Å²) < 4.78 is 0. The van der Waals surface area contributed by atoms with Crippen LogP contribution in [0.3, 0.4) is 0 Å². The van der Waals surface area contributed by atoms with Gasteiger partial charge in [-0.1, -0.05) is 115 Å². The molecular formula is C47H32N2. The van der Waals surface area contributed by atoms with Crippen LogP contribution in [0.2, 0.25) is 0 Å². The van der Waals surface area contributed by atoms with Gasteiger partial charge in [0.05, 0.1) is 22.5 Å². The Balaban J connectivity index is 1.26. The molecule has 49 heavy (non-hydrogen) atoms. The Labute approximate surface area is 287 Å². The molecule has 2 nitrogen and oxygen atoms in total. The minimum absolute atomic E-state index is 0.0601. The smallest absolute Gasteiger partial charge is 0.133 e. The highest BCUT2D eigenvalue weighted by atomic mass is 15.4. The summed E-state index contributed by atoms with van der Waals surface area (Å²) in [5.41, 5.74) is 15.5. The van der Waals surface area contributed by atoms with Gasteiger partial charge in [0, 0.05) is 7.05 Å². The molecule has 0 radical (unpaired) electrons. The van der Waals surface area contributed by atoms with E-state index in [-0.39, 0.29) is 6.17 Å². The average Bonchev–Trinajstić information content (AvgIpc) is 3.64. The maximum Gasteiger partial charge on any atom is 0.133 e. The van der Waals surface area contributed by atoms with Crippen LogP contribution < -0.4 is 9.80 Å². The van der Waals surface area contributed by atoms with Crippen molar-refractivity contribution in [3.8, 4) is 0 Å². The van der Waals surface area contributed by atoms with Gasteiger partial charge in [0.1, 0.15) is 6.17 Å². The average molecular weight is 625 g/mol. The van der Waals surface area contributed by atoms with Crippen molar-refractivity contribution in [3.05, 3.63) is 209 Å². The van der Waals surface area contributed by atoms with Crippen molar-refractivity contribution >= 4 is 44.2 Å². The van der Waals surface area contributed by atoms with E-state index in [9.17, 15) is 0 Å². The van der Waals surface area contributed by atoms with Crippen LogP contribution in [-0.4, -0.2) is 7.05 Å². The van der Waals surface area contributed by atoms with Crippen LogP contribution >= 0.6 is 0 Å². The number of anilines is 3. The molecule has 0 fully saturated rings. The van der Waals surface area contributed by atoms with Gasteiger partial charge < -0.3 is 9.80 Å². The van der Waals surface area contributed by atoms with Gasteiger partial charge in [-0.25, -0.2) is 0 Å². The topological polar surface area (TPSA) is 6.48 Å². The minimum Gasteiger partial charge on any atom is -0.348 e. The normalized spacial score (nSPS) is 18.9. The summed E-state index contributed by atoms with van der Waals surface area (Å²) in [6.45, 7) is 0. The Bertz CT molecular complexity index is 2540. The lowest BCUT2D eigenvalue weighted by Crippen LogP contribution is -2.32. The molecular weight excluding hydrogens is 593 g/mol. The Morgan fingerprint density at radius 1 is 0.673 bits per heavy atom. The minimum atomic E-state index is -0.518. The Kier molecular flexibility index (Phi) is 6.03. The highest BCUT2D eigenvalue weighted by Gasteiger charge is 2.48. The molecule has 0 spiro atoms. The van der Waals surface area contributed by atoms with E-state index in [1.54, 1.807) is 0 Å². The zero-order chi connectivity index (χ0) is 32.5. The molecule has 1 heterocycles. The predicted octanol–water partition coefficient (Wildman–Crippen LogP) is 11.1. The fraction of sp³-hybridized carbons (Fsp3) is 0.0851. The molecule has 7 aromatic carbocycles. The first-order valence-corrected chi connectivity index (χ1v) is 17.0. The van der Waals surface area contributed by atoms with Crippen molar-refractivity contribution in [1.82, 2.24) is 0 Å². The van der Waals surface area contributed by atoms with Crippen molar-refractivity contribution in [2.75, 3.05) is 16.8 Å². The molecule has 0 N–H and O–H groups in total. The Morgan fingerprint density at radius 2 is 1.45 bits per heavy atom. The third kappa shape index (κ3) is 3.92.